The number of hydrogen-bond acceptors (Lipinski definition) is 5. The highest BCUT2D eigenvalue weighted by Crippen LogP contribution is 2.17. The third-order valence-corrected chi connectivity index (χ3v) is 4.94. The maximum atomic E-state index is 12.7. The SMILES string of the molecule is CS(=O)(=O)NCc1cc(C(=O)N2CCN(c3ccccc3)CC2)ccn1. The molecule has 0 unspecified atom stereocenters. The Morgan fingerprint density at radius 3 is 2.46 bits per heavy atom. The molecular formula is C18H22N4O3S. The third kappa shape index (κ3) is 4.80. The van der Waals surface area contributed by atoms with E-state index < -0.39 is 10.0 Å². The van der Waals surface area contributed by atoms with Gasteiger partial charge >= 0.3 is 0 Å². The molecule has 0 saturated carbocycles. The molecule has 1 aliphatic rings. The van der Waals surface area contributed by atoms with E-state index in [1.807, 2.05) is 23.1 Å². The molecule has 26 heavy (non-hydrogen) atoms. The molecule has 138 valence electrons. The van der Waals surface area contributed by atoms with Crippen LogP contribution in [0.2, 0.25) is 0 Å². The fourth-order valence-corrected chi connectivity index (χ4v) is 3.31. The van der Waals surface area contributed by atoms with Crippen molar-refractivity contribution in [3.8, 4) is 0 Å². The van der Waals surface area contributed by atoms with Crippen LogP contribution in [0.3, 0.4) is 0 Å². The van der Waals surface area contributed by atoms with Gasteiger partial charge in [-0.15, -0.1) is 0 Å². The van der Waals surface area contributed by atoms with E-state index in [4.69, 9.17) is 0 Å². The molecule has 0 atom stereocenters. The van der Waals surface area contributed by atoms with Gasteiger partial charge in [0.15, 0.2) is 0 Å². The molecule has 2 heterocycles. The fourth-order valence-electron chi connectivity index (χ4n) is 2.90. The molecule has 1 fully saturated rings. The molecule has 1 N–H and O–H groups in total. The summed E-state index contributed by atoms with van der Waals surface area (Å²) in [5.74, 6) is -0.0549. The lowest BCUT2D eigenvalue weighted by Crippen LogP contribution is -2.48. The van der Waals surface area contributed by atoms with Crippen LogP contribution in [0.5, 0.6) is 0 Å². The molecule has 1 saturated heterocycles. The Balaban J connectivity index is 1.62. The molecule has 1 aliphatic heterocycles. The summed E-state index contributed by atoms with van der Waals surface area (Å²) in [6, 6.07) is 13.5. The second kappa shape index (κ2) is 7.84. The average Bonchev–Trinajstić information content (AvgIpc) is 2.66. The first-order chi connectivity index (χ1) is 12.4. The Hall–Kier alpha value is -2.45. The molecule has 2 aromatic rings. The van der Waals surface area contributed by atoms with E-state index in [1.54, 1.807) is 12.1 Å². The van der Waals surface area contributed by atoms with E-state index in [0.29, 0.717) is 24.3 Å². The van der Waals surface area contributed by atoms with Crippen LogP contribution in [0.25, 0.3) is 0 Å². The first kappa shape index (κ1) is 18.3. The number of hydrogen-bond donors (Lipinski definition) is 1. The van der Waals surface area contributed by atoms with Gasteiger partial charge in [-0.05, 0) is 24.3 Å². The average molecular weight is 374 g/mol. The van der Waals surface area contributed by atoms with Gasteiger partial charge in [0.1, 0.15) is 0 Å². The molecule has 3 rings (SSSR count). The van der Waals surface area contributed by atoms with Crippen LogP contribution in [0, 0.1) is 0 Å². The monoisotopic (exact) mass is 374 g/mol. The van der Waals surface area contributed by atoms with Gasteiger partial charge in [-0.2, -0.15) is 0 Å². The second-order valence-electron chi connectivity index (χ2n) is 6.24. The Bertz CT molecular complexity index is 863. The topological polar surface area (TPSA) is 82.6 Å². The van der Waals surface area contributed by atoms with Crippen LogP contribution in [0.15, 0.2) is 48.7 Å². The highest BCUT2D eigenvalue weighted by molar-refractivity contribution is 7.88. The summed E-state index contributed by atoms with van der Waals surface area (Å²) < 4.78 is 24.8. The number of nitrogens with one attached hydrogen (secondary N) is 1. The fraction of sp³-hybridized carbons (Fsp3) is 0.333. The van der Waals surface area contributed by atoms with E-state index in [-0.39, 0.29) is 12.5 Å². The van der Waals surface area contributed by atoms with Crippen molar-refractivity contribution in [3.05, 3.63) is 59.9 Å². The Morgan fingerprint density at radius 2 is 1.81 bits per heavy atom. The van der Waals surface area contributed by atoms with Crippen molar-refractivity contribution >= 4 is 21.6 Å². The summed E-state index contributed by atoms with van der Waals surface area (Å²) in [5, 5.41) is 0. The quantitative estimate of drug-likeness (QED) is 0.847. The Morgan fingerprint density at radius 1 is 1.12 bits per heavy atom. The number of carbonyl (C=O) groups excluding carboxylic acids is 1. The smallest absolute Gasteiger partial charge is 0.254 e. The van der Waals surface area contributed by atoms with Crippen molar-refractivity contribution in [2.75, 3.05) is 37.3 Å². The summed E-state index contributed by atoms with van der Waals surface area (Å²) in [6.45, 7) is 2.92. The van der Waals surface area contributed by atoms with E-state index in [1.165, 1.54) is 6.20 Å². The van der Waals surface area contributed by atoms with Gasteiger partial charge < -0.3 is 9.80 Å². The summed E-state index contributed by atoms with van der Waals surface area (Å²) in [6.07, 6.45) is 2.63. The van der Waals surface area contributed by atoms with Gasteiger partial charge in [0.25, 0.3) is 5.91 Å². The molecule has 0 radical (unpaired) electrons. The first-order valence-electron chi connectivity index (χ1n) is 8.41. The molecule has 0 spiro atoms. The van der Waals surface area contributed by atoms with Gasteiger partial charge in [0.05, 0.1) is 18.5 Å². The molecule has 0 bridgehead atoms. The molecule has 1 amide bonds. The summed E-state index contributed by atoms with van der Waals surface area (Å²) >= 11 is 0. The zero-order valence-electron chi connectivity index (χ0n) is 14.6. The van der Waals surface area contributed by atoms with Crippen LogP contribution in [-0.4, -0.2) is 56.6 Å². The highest BCUT2D eigenvalue weighted by atomic mass is 32.2. The van der Waals surface area contributed by atoms with Crippen molar-refractivity contribution in [2.24, 2.45) is 0 Å². The first-order valence-corrected chi connectivity index (χ1v) is 10.3. The van der Waals surface area contributed by atoms with E-state index in [9.17, 15) is 13.2 Å². The van der Waals surface area contributed by atoms with Crippen molar-refractivity contribution < 1.29 is 13.2 Å². The molecule has 8 heteroatoms. The lowest BCUT2D eigenvalue weighted by molar-refractivity contribution is 0.0746. The third-order valence-electron chi connectivity index (χ3n) is 4.27. The summed E-state index contributed by atoms with van der Waals surface area (Å²) in [4.78, 5) is 20.9. The van der Waals surface area contributed by atoms with Crippen LogP contribution in [-0.2, 0) is 16.6 Å². The molecule has 0 aliphatic carbocycles. The maximum Gasteiger partial charge on any atom is 0.254 e. The Labute approximate surface area is 153 Å². The van der Waals surface area contributed by atoms with Crippen LogP contribution < -0.4 is 9.62 Å². The molecule has 7 nitrogen and oxygen atoms in total. The largest absolute Gasteiger partial charge is 0.368 e. The maximum absolute atomic E-state index is 12.7. The number of nitrogens with zero attached hydrogens (tertiary/aromatic N) is 3. The number of aromatic nitrogens is 1. The predicted molar refractivity (Wildman–Crippen MR) is 100 cm³/mol. The minimum absolute atomic E-state index is 0.0549. The Kier molecular flexibility index (Phi) is 5.53. The lowest BCUT2D eigenvalue weighted by atomic mass is 10.1. The van der Waals surface area contributed by atoms with Gasteiger partial charge in [0.2, 0.25) is 10.0 Å². The van der Waals surface area contributed by atoms with Gasteiger partial charge in [-0.1, -0.05) is 18.2 Å². The number of pyridine rings is 1. The number of benzene rings is 1. The second-order valence-corrected chi connectivity index (χ2v) is 8.08. The number of carbonyl (C=O) groups is 1. The van der Waals surface area contributed by atoms with Crippen molar-refractivity contribution in [3.63, 3.8) is 0 Å². The van der Waals surface area contributed by atoms with E-state index in [2.05, 4.69) is 26.7 Å². The number of rotatable bonds is 5. The van der Waals surface area contributed by atoms with Gasteiger partial charge in [0, 0.05) is 43.6 Å². The predicted octanol–water partition coefficient (Wildman–Crippen LogP) is 1.09. The standard InChI is InChI=1S/C18H22N4O3S/c1-26(24,25)20-14-16-13-15(7-8-19-16)18(23)22-11-9-21(10-12-22)17-5-3-2-4-6-17/h2-8,13,20H,9-12,14H2,1H3. The van der Waals surface area contributed by atoms with Gasteiger partial charge in [-0.3, -0.25) is 9.78 Å². The van der Waals surface area contributed by atoms with Crippen molar-refractivity contribution in [2.45, 2.75) is 6.54 Å². The minimum atomic E-state index is -3.30. The molecule has 1 aromatic carbocycles. The number of sulfonamides is 1. The van der Waals surface area contributed by atoms with E-state index >= 15 is 0 Å². The van der Waals surface area contributed by atoms with Crippen LogP contribution >= 0.6 is 0 Å². The summed E-state index contributed by atoms with van der Waals surface area (Å²) in [7, 11) is -3.30. The minimum Gasteiger partial charge on any atom is -0.368 e. The number of piperazine rings is 1. The molecular weight excluding hydrogens is 352 g/mol. The lowest BCUT2D eigenvalue weighted by Gasteiger charge is -2.36. The number of para-hydroxylation sites is 1. The zero-order chi connectivity index (χ0) is 18.6. The number of amides is 1. The number of anilines is 1. The normalized spacial score (nSPS) is 15.1. The van der Waals surface area contributed by atoms with Crippen LogP contribution in [0.1, 0.15) is 16.1 Å². The van der Waals surface area contributed by atoms with Gasteiger partial charge in [-0.25, -0.2) is 13.1 Å². The summed E-state index contributed by atoms with van der Waals surface area (Å²) in [5.41, 5.74) is 2.21. The highest BCUT2D eigenvalue weighted by Gasteiger charge is 2.22. The van der Waals surface area contributed by atoms with E-state index in [0.717, 1.165) is 25.0 Å². The van der Waals surface area contributed by atoms with Crippen molar-refractivity contribution in [1.82, 2.24) is 14.6 Å². The van der Waals surface area contributed by atoms with Crippen LogP contribution in [0.4, 0.5) is 5.69 Å². The zero-order valence-corrected chi connectivity index (χ0v) is 15.4. The van der Waals surface area contributed by atoms with Crippen molar-refractivity contribution in [1.29, 1.82) is 0 Å². The molecule has 1 aromatic heterocycles.